The first-order valence-corrected chi connectivity index (χ1v) is 13.2. The molecule has 0 aliphatic rings. The molecule has 0 aliphatic carbocycles. The van der Waals surface area contributed by atoms with Gasteiger partial charge in [-0.3, -0.25) is 0 Å². The molecule has 0 aliphatic heterocycles. The molecule has 0 radical (unpaired) electrons. The first-order chi connectivity index (χ1) is 18.9. The van der Waals surface area contributed by atoms with E-state index in [9.17, 15) is 0 Å². The summed E-state index contributed by atoms with van der Waals surface area (Å²) in [5, 5.41) is 13.0. The number of hydrogen-bond acceptors (Lipinski definition) is 0. The summed E-state index contributed by atoms with van der Waals surface area (Å²) in [4.78, 5) is 0. The van der Waals surface area contributed by atoms with Gasteiger partial charge in [-0.1, -0.05) is 133 Å². The topological polar surface area (TPSA) is 0 Å². The molecule has 0 bridgehead atoms. The smallest absolute Gasteiger partial charge is 0.00199 e. The maximum atomic E-state index is 2.41. The molecular formula is C38H24. The molecule has 0 saturated carbocycles. The average Bonchev–Trinajstić information content (AvgIpc) is 3.00. The van der Waals surface area contributed by atoms with Crippen molar-refractivity contribution in [2.24, 2.45) is 0 Å². The summed E-state index contributed by atoms with van der Waals surface area (Å²) in [6.45, 7) is 0. The van der Waals surface area contributed by atoms with Crippen molar-refractivity contribution in [1.82, 2.24) is 0 Å². The Morgan fingerprint density at radius 2 is 0.868 bits per heavy atom. The molecule has 8 rings (SSSR count). The van der Waals surface area contributed by atoms with Crippen LogP contribution in [0.25, 0.3) is 76.1 Å². The fourth-order valence-corrected chi connectivity index (χ4v) is 6.32. The molecule has 38 heavy (non-hydrogen) atoms. The summed E-state index contributed by atoms with van der Waals surface area (Å²) in [6, 6.07) is 53.3. The SMILES string of the molecule is c1ccc(-c2cc3c4ccccc4c4cc(-c5cccc6ccccc56)ccc4c3c3ccccc23)cc1. The van der Waals surface area contributed by atoms with Crippen LogP contribution in [0.3, 0.4) is 0 Å². The van der Waals surface area contributed by atoms with Gasteiger partial charge in [0.2, 0.25) is 0 Å². The van der Waals surface area contributed by atoms with Crippen LogP contribution in [0.2, 0.25) is 0 Å². The largest absolute Gasteiger partial charge is 0.0622 e. The maximum Gasteiger partial charge on any atom is -0.00199 e. The van der Waals surface area contributed by atoms with Crippen LogP contribution < -0.4 is 0 Å². The quantitative estimate of drug-likeness (QED) is 0.216. The van der Waals surface area contributed by atoms with Crippen LogP contribution in [0.5, 0.6) is 0 Å². The van der Waals surface area contributed by atoms with E-state index in [0.717, 1.165) is 0 Å². The highest BCUT2D eigenvalue weighted by Crippen LogP contribution is 2.43. The zero-order valence-electron chi connectivity index (χ0n) is 20.9. The molecule has 8 aromatic rings. The Kier molecular flexibility index (Phi) is 4.62. The second-order valence-electron chi connectivity index (χ2n) is 10.1. The Morgan fingerprint density at radius 3 is 1.68 bits per heavy atom. The van der Waals surface area contributed by atoms with Crippen molar-refractivity contribution in [3.05, 3.63) is 146 Å². The summed E-state index contributed by atoms with van der Waals surface area (Å²) in [5.41, 5.74) is 5.06. The molecule has 0 amide bonds. The van der Waals surface area contributed by atoms with Crippen molar-refractivity contribution < 1.29 is 0 Å². The minimum atomic E-state index is 1.25. The predicted octanol–water partition coefficient (Wildman–Crippen LogP) is 10.8. The average molecular weight is 481 g/mol. The lowest BCUT2D eigenvalue weighted by atomic mass is 9.86. The first kappa shape index (κ1) is 21.2. The Balaban J connectivity index is 1.53. The number of rotatable bonds is 2. The molecule has 0 heteroatoms. The molecule has 0 saturated heterocycles. The lowest BCUT2D eigenvalue weighted by Crippen LogP contribution is -1.89. The maximum absolute atomic E-state index is 2.41. The number of benzene rings is 8. The van der Waals surface area contributed by atoms with E-state index in [-0.39, 0.29) is 0 Å². The molecule has 0 nitrogen and oxygen atoms in total. The number of fused-ring (bicyclic) bond motifs is 9. The van der Waals surface area contributed by atoms with Gasteiger partial charge in [0, 0.05) is 0 Å². The van der Waals surface area contributed by atoms with Gasteiger partial charge < -0.3 is 0 Å². The van der Waals surface area contributed by atoms with Gasteiger partial charge in [-0.15, -0.1) is 0 Å². The van der Waals surface area contributed by atoms with Crippen LogP contribution in [0, 0.1) is 0 Å². The molecule has 176 valence electrons. The Bertz CT molecular complexity index is 2160. The lowest BCUT2D eigenvalue weighted by molar-refractivity contribution is 1.67. The van der Waals surface area contributed by atoms with Gasteiger partial charge in [0.15, 0.2) is 0 Å². The summed E-state index contributed by atoms with van der Waals surface area (Å²) in [5.74, 6) is 0. The van der Waals surface area contributed by atoms with E-state index < -0.39 is 0 Å². The molecule has 0 aromatic heterocycles. The van der Waals surface area contributed by atoms with Crippen molar-refractivity contribution >= 4 is 53.9 Å². The van der Waals surface area contributed by atoms with Gasteiger partial charge in [0.05, 0.1) is 0 Å². The number of hydrogen-bond donors (Lipinski definition) is 0. The van der Waals surface area contributed by atoms with Crippen LogP contribution in [-0.4, -0.2) is 0 Å². The summed E-state index contributed by atoms with van der Waals surface area (Å²) in [6.07, 6.45) is 0. The second kappa shape index (κ2) is 8.30. The van der Waals surface area contributed by atoms with Crippen molar-refractivity contribution in [1.29, 1.82) is 0 Å². The first-order valence-electron chi connectivity index (χ1n) is 13.2. The van der Waals surface area contributed by atoms with E-state index in [1.54, 1.807) is 0 Å². The van der Waals surface area contributed by atoms with Crippen molar-refractivity contribution in [3.63, 3.8) is 0 Å². The van der Waals surface area contributed by atoms with E-state index in [1.807, 2.05) is 0 Å². The van der Waals surface area contributed by atoms with Crippen LogP contribution in [-0.2, 0) is 0 Å². The van der Waals surface area contributed by atoms with Crippen LogP contribution in [0.1, 0.15) is 0 Å². The summed E-state index contributed by atoms with van der Waals surface area (Å²) in [7, 11) is 0. The van der Waals surface area contributed by atoms with Crippen LogP contribution in [0.15, 0.2) is 146 Å². The molecule has 8 aromatic carbocycles. The fourth-order valence-electron chi connectivity index (χ4n) is 6.32. The van der Waals surface area contributed by atoms with Crippen molar-refractivity contribution in [3.8, 4) is 22.3 Å². The Labute approximate surface area is 221 Å². The lowest BCUT2D eigenvalue weighted by Gasteiger charge is -2.17. The Hall–Kier alpha value is -4.94. The summed E-state index contributed by atoms with van der Waals surface area (Å²) >= 11 is 0. The van der Waals surface area contributed by atoms with E-state index >= 15 is 0 Å². The zero-order valence-corrected chi connectivity index (χ0v) is 20.9. The normalized spacial score (nSPS) is 11.7. The predicted molar refractivity (Wildman–Crippen MR) is 165 cm³/mol. The standard InChI is InChI=1S/C38H24/c1-2-11-26(12-3-1)35-24-37-31-17-7-6-16-30(31)36-23-27(29-20-10-14-25-13-4-5-15-28(25)29)21-22-34(36)38(37)33-19-9-8-18-32(33)35/h1-24H. The van der Waals surface area contributed by atoms with E-state index in [2.05, 4.69) is 146 Å². The van der Waals surface area contributed by atoms with Gasteiger partial charge in [0.1, 0.15) is 0 Å². The molecule has 0 fully saturated rings. The third kappa shape index (κ3) is 3.11. The minimum Gasteiger partial charge on any atom is -0.0622 e. The highest BCUT2D eigenvalue weighted by molar-refractivity contribution is 6.33. The van der Waals surface area contributed by atoms with Gasteiger partial charge in [-0.05, 0) is 88.2 Å². The van der Waals surface area contributed by atoms with Crippen molar-refractivity contribution in [2.45, 2.75) is 0 Å². The third-order valence-electron chi connectivity index (χ3n) is 8.03. The van der Waals surface area contributed by atoms with Gasteiger partial charge in [0.25, 0.3) is 0 Å². The highest BCUT2D eigenvalue weighted by Gasteiger charge is 2.16. The molecule has 0 atom stereocenters. The van der Waals surface area contributed by atoms with E-state index in [4.69, 9.17) is 0 Å². The molecule has 0 unspecified atom stereocenters. The second-order valence-corrected chi connectivity index (χ2v) is 10.1. The molecular weight excluding hydrogens is 456 g/mol. The zero-order chi connectivity index (χ0) is 25.1. The molecule has 0 N–H and O–H groups in total. The highest BCUT2D eigenvalue weighted by atomic mass is 14.2. The third-order valence-corrected chi connectivity index (χ3v) is 8.03. The van der Waals surface area contributed by atoms with Gasteiger partial charge in [-0.2, -0.15) is 0 Å². The Morgan fingerprint density at radius 1 is 0.263 bits per heavy atom. The van der Waals surface area contributed by atoms with Crippen LogP contribution in [0.4, 0.5) is 0 Å². The summed E-state index contributed by atoms with van der Waals surface area (Å²) < 4.78 is 0. The monoisotopic (exact) mass is 480 g/mol. The van der Waals surface area contributed by atoms with Gasteiger partial charge in [-0.25, -0.2) is 0 Å². The van der Waals surface area contributed by atoms with Gasteiger partial charge >= 0.3 is 0 Å². The molecule has 0 heterocycles. The fraction of sp³-hybridized carbons (Fsp3) is 0. The minimum absolute atomic E-state index is 1.25. The van der Waals surface area contributed by atoms with E-state index in [1.165, 1.54) is 76.1 Å². The van der Waals surface area contributed by atoms with E-state index in [0.29, 0.717) is 0 Å². The molecule has 0 spiro atoms. The van der Waals surface area contributed by atoms with Crippen molar-refractivity contribution in [2.75, 3.05) is 0 Å². The van der Waals surface area contributed by atoms with Crippen LogP contribution >= 0.6 is 0 Å².